The predicted octanol–water partition coefficient (Wildman–Crippen LogP) is 4.68. The van der Waals surface area contributed by atoms with Gasteiger partial charge in [0.15, 0.2) is 0 Å². The van der Waals surface area contributed by atoms with E-state index in [1.165, 1.54) is 23.5 Å². The van der Waals surface area contributed by atoms with Crippen molar-refractivity contribution < 1.29 is 14.3 Å². The standard InChI is InChI=1S/C20H24FN3O2S.ClH/c1-20(2,17-12-27-18(22-17)14-3-5-15(21)6-4-14)24(19(25)26)16-11-23-9-7-13(16)8-10-23;/h3-6,12-13,16H,7-11H2,1-2H3,(H,25,26);1H/t16-;/m1./s1. The fourth-order valence-electron chi connectivity index (χ4n) is 4.43. The topological polar surface area (TPSA) is 56.7 Å². The molecule has 1 N–H and O–H groups in total. The van der Waals surface area contributed by atoms with Gasteiger partial charge in [0, 0.05) is 17.5 Å². The van der Waals surface area contributed by atoms with Crippen LogP contribution in [0.4, 0.5) is 9.18 Å². The van der Waals surface area contributed by atoms with Gasteiger partial charge in [0.05, 0.1) is 17.3 Å². The third-order valence-electron chi connectivity index (χ3n) is 5.98. The largest absolute Gasteiger partial charge is 0.465 e. The van der Waals surface area contributed by atoms with Crippen molar-refractivity contribution in [3.05, 3.63) is 41.2 Å². The Morgan fingerprint density at radius 3 is 2.46 bits per heavy atom. The Hall–Kier alpha value is -1.70. The van der Waals surface area contributed by atoms with Crippen LogP contribution in [0.2, 0.25) is 0 Å². The minimum atomic E-state index is -0.893. The molecule has 1 amide bonds. The highest BCUT2D eigenvalue weighted by molar-refractivity contribution is 7.13. The summed E-state index contributed by atoms with van der Waals surface area (Å²) in [5, 5.41) is 12.7. The van der Waals surface area contributed by atoms with Crippen LogP contribution < -0.4 is 0 Å². The van der Waals surface area contributed by atoms with Crippen LogP contribution in [0.1, 0.15) is 32.4 Å². The van der Waals surface area contributed by atoms with Gasteiger partial charge in [-0.15, -0.1) is 23.7 Å². The molecule has 2 bridgehead atoms. The zero-order valence-corrected chi connectivity index (χ0v) is 17.6. The smallest absolute Gasteiger partial charge is 0.408 e. The molecule has 4 heterocycles. The van der Waals surface area contributed by atoms with Crippen LogP contribution in [0.15, 0.2) is 29.6 Å². The molecule has 3 fully saturated rings. The van der Waals surface area contributed by atoms with Gasteiger partial charge in [0.1, 0.15) is 10.8 Å². The molecule has 1 aromatic carbocycles. The minimum Gasteiger partial charge on any atom is -0.465 e. The van der Waals surface area contributed by atoms with Gasteiger partial charge in [0.2, 0.25) is 0 Å². The summed E-state index contributed by atoms with van der Waals surface area (Å²) in [6.45, 7) is 6.81. The van der Waals surface area contributed by atoms with Crippen molar-refractivity contribution in [1.29, 1.82) is 0 Å². The molecule has 1 aromatic heterocycles. The van der Waals surface area contributed by atoms with E-state index in [2.05, 4.69) is 4.90 Å². The second kappa shape index (κ2) is 7.97. The second-order valence-electron chi connectivity index (χ2n) is 7.96. The maximum Gasteiger partial charge on any atom is 0.408 e. The van der Waals surface area contributed by atoms with Gasteiger partial charge in [-0.25, -0.2) is 14.2 Å². The Labute approximate surface area is 174 Å². The summed E-state index contributed by atoms with van der Waals surface area (Å²) in [6.07, 6.45) is 1.22. The Morgan fingerprint density at radius 1 is 1.29 bits per heavy atom. The number of piperidine rings is 3. The predicted molar refractivity (Wildman–Crippen MR) is 111 cm³/mol. The number of thiazole rings is 1. The van der Waals surface area contributed by atoms with Crippen LogP contribution in [0.25, 0.3) is 10.6 Å². The average Bonchev–Trinajstić information content (AvgIpc) is 3.14. The number of rotatable bonds is 4. The van der Waals surface area contributed by atoms with Crippen molar-refractivity contribution in [3.63, 3.8) is 0 Å². The number of hydrogen-bond donors (Lipinski definition) is 1. The van der Waals surface area contributed by atoms with Crippen molar-refractivity contribution in [2.75, 3.05) is 19.6 Å². The summed E-state index contributed by atoms with van der Waals surface area (Å²) in [6, 6.07) is 6.23. The third-order valence-corrected chi connectivity index (χ3v) is 6.88. The van der Waals surface area contributed by atoms with Crippen molar-refractivity contribution in [2.45, 2.75) is 38.3 Å². The molecular formula is C20H25ClFN3O2S. The fourth-order valence-corrected chi connectivity index (χ4v) is 5.41. The molecule has 2 aromatic rings. The highest BCUT2D eigenvalue weighted by Crippen LogP contribution is 2.39. The number of fused-ring (bicyclic) bond motifs is 3. The van der Waals surface area contributed by atoms with Gasteiger partial charge in [0.25, 0.3) is 0 Å². The summed E-state index contributed by atoms with van der Waals surface area (Å²) >= 11 is 1.46. The SMILES string of the molecule is CC(C)(c1csc(-c2ccc(F)cc2)n1)N(C(=O)O)[C@@H]1CN2CCC1CC2.Cl. The fraction of sp³-hybridized carbons (Fsp3) is 0.500. The van der Waals surface area contributed by atoms with E-state index in [0.717, 1.165) is 48.7 Å². The second-order valence-corrected chi connectivity index (χ2v) is 8.82. The van der Waals surface area contributed by atoms with Crippen LogP contribution >= 0.6 is 23.7 Å². The summed E-state index contributed by atoms with van der Waals surface area (Å²) in [4.78, 5) is 21.0. The summed E-state index contributed by atoms with van der Waals surface area (Å²) in [5.74, 6) is 0.135. The first kappa shape index (κ1) is 21.0. The van der Waals surface area contributed by atoms with Gasteiger partial charge < -0.3 is 10.0 Å². The molecule has 0 radical (unpaired) electrons. The van der Waals surface area contributed by atoms with E-state index in [4.69, 9.17) is 4.98 Å². The maximum absolute atomic E-state index is 13.2. The average molecular weight is 426 g/mol. The molecule has 0 spiro atoms. The molecule has 3 saturated heterocycles. The lowest BCUT2D eigenvalue weighted by Gasteiger charge is -2.52. The molecule has 8 heteroatoms. The number of nitrogens with zero attached hydrogens (tertiary/aromatic N) is 3. The van der Waals surface area contributed by atoms with E-state index in [9.17, 15) is 14.3 Å². The van der Waals surface area contributed by atoms with Crippen LogP contribution in [0, 0.1) is 11.7 Å². The van der Waals surface area contributed by atoms with E-state index in [1.807, 2.05) is 19.2 Å². The molecule has 3 aliphatic heterocycles. The Morgan fingerprint density at radius 2 is 1.93 bits per heavy atom. The van der Waals surface area contributed by atoms with Gasteiger partial charge >= 0.3 is 6.09 Å². The molecule has 152 valence electrons. The first-order valence-corrected chi connectivity index (χ1v) is 10.2. The lowest BCUT2D eigenvalue weighted by Crippen LogP contribution is -2.62. The number of benzene rings is 1. The van der Waals surface area contributed by atoms with Gasteiger partial charge in [-0.3, -0.25) is 4.90 Å². The van der Waals surface area contributed by atoms with Gasteiger partial charge in [-0.2, -0.15) is 0 Å². The first-order valence-electron chi connectivity index (χ1n) is 9.33. The molecule has 0 unspecified atom stereocenters. The molecule has 5 nitrogen and oxygen atoms in total. The lowest BCUT2D eigenvalue weighted by molar-refractivity contribution is -0.0298. The van der Waals surface area contributed by atoms with Crippen molar-refractivity contribution >= 4 is 29.8 Å². The van der Waals surface area contributed by atoms with E-state index in [0.29, 0.717) is 5.92 Å². The molecule has 3 aliphatic rings. The number of aromatic nitrogens is 1. The lowest BCUT2D eigenvalue weighted by atomic mass is 9.81. The summed E-state index contributed by atoms with van der Waals surface area (Å²) < 4.78 is 13.2. The van der Waals surface area contributed by atoms with E-state index >= 15 is 0 Å². The number of carbonyl (C=O) groups is 1. The zero-order valence-electron chi connectivity index (χ0n) is 16.0. The van der Waals surface area contributed by atoms with Gasteiger partial charge in [-0.05, 0) is 70.0 Å². The maximum atomic E-state index is 13.2. The summed E-state index contributed by atoms with van der Waals surface area (Å²) in [7, 11) is 0. The Kier molecular flexibility index (Phi) is 5.98. The molecule has 0 aliphatic carbocycles. The van der Waals surface area contributed by atoms with Crippen molar-refractivity contribution in [1.82, 2.24) is 14.8 Å². The van der Waals surface area contributed by atoms with Crippen molar-refractivity contribution in [3.8, 4) is 10.6 Å². The van der Waals surface area contributed by atoms with Crippen LogP contribution in [0.5, 0.6) is 0 Å². The molecule has 5 rings (SSSR count). The zero-order chi connectivity index (χ0) is 19.2. The van der Waals surface area contributed by atoms with Gasteiger partial charge in [-0.1, -0.05) is 0 Å². The minimum absolute atomic E-state index is 0. The van der Waals surface area contributed by atoms with Crippen LogP contribution in [0.3, 0.4) is 0 Å². The highest BCUT2D eigenvalue weighted by Gasteiger charge is 2.46. The van der Waals surface area contributed by atoms with Crippen LogP contribution in [-0.4, -0.2) is 51.7 Å². The Balaban J connectivity index is 0.00000225. The van der Waals surface area contributed by atoms with Crippen molar-refractivity contribution in [2.24, 2.45) is 5.92 Å². The molecular weight excluding hydrogens is 401 g/mol. The van der Waals surface area contributed by atoms with E-state index in [1.54, 1.807) is 17.0 Å². The first-order chi connectivity index (χ1) is 12.9. The third kappa shape index (κ3) is 3.75. The molecule has 28 heavy (non-hydrogen) atoms. The Bertz CT molecular complexity index is 834. The quantitative estimate of drug-likeness (QED) is 0.772. The summed E-state index contributed by atoms with van der Waals surface area (Å²) in [5.41, 5.74) is 0.850. The number of hydrogen-bond acceptors (Lipinski definition) is 4. The monoisotopic (exact) mass is 425 g/mol. The highest BCUT2D eigenvalue weighted by atomic mass is 35.5. The number of amides is 1. The number of carboxylic acid groups (broad SMARTS) is 1. The van der Waals surface area contributed by atoms with Crippen LogP contribution in [-0.2, 0) is 5.54 Å². The normalized spacial score (nSPS) is 23.9. The number of halogens is 2. The van der Waals surface area contributed by atoms with E-state index in [-0.39, 0.29) is 24.3 Å². The van der Waals surface area contributed by atoms with E-state index < -0.39 is 11.6 Å². The molecule has 0 saturated carbocycles. The molecule has 1 atom stereocenters.